The van der Waals surface area contributed by atoms with E-state index in [1.165, 1.54) is 5.56 Å². The van der Waals surface area contributed by atoms with Crippen molar-refractivity contribution in [3.63, 3.8) is 0 Å². The number of carbonyl (C=O) groups excluding carboxylic acids is 1. The molecule has 0 bridgehead atoms. The first kappa shape index (κ1) is 16.5. The van der Waals surface area contributed by atoms with Gasteiger partial charge in [0.05, 0.1) is 5.41 Å². The quantitative estimate of drug-likeness (QED) is 0.813. The first-order chi connectivity index (χ1) is 10.4. The van der Waals surface area contributed by atoms with Crippen LogP contribution in [0.15, 0.2) is 30.3 Å². The Morgan fingerprint density at radius 3 is 2.45 bits per heavy atom. The van der Waals surface area contributed by atoms with Gasteiger partial charge < -0.3 is 10.4 Å². The molecule has 0 aromatic heterocycles. The molecule has 0 unspecified atom stereocenters. The minimum atomic E-state index is -0.827. The van der Waals surface area contributed by atoms with Crippen molar-refractivity contribution in [1.82, 2.24) is 5.32 Å². The van der Waals surface area contributed by atoms with E-state index in [9.17, 15) is 9.59 Å². The van der Waals surface area contributed by atoms with Crippen LogP contribution in [0, 0.1) is 11.3 Å². The van der Waals surface area contributed by atoms with Crippen LogP contribution in [0.1, 0.15) is 51.0 Å². The first-order valence-corrected chi connectivity index (χ1v) is 7.93. The summed E-state index contributed by atoms with van der Waals surface area (Å²) in [5.41, 5.74) is 0.574. The molecule has 1 saturated carbocycles. The van der Waals surface area contributed by atoms with Gasteiger partial charge in [0.1, 0.15) is 0 Å². The van der Waals surface area contributed by atoms with Crippen LogP contribution in [0.4, 0.5) is 0 Å². The van der Waals surface area contributed by atoms with Crippen LogP contribution in [-0.2, 0) is 9.59 Å². The number of carboxylic acid groups (broad SMARTS) is 1. The summed E-state index contributed by atoms with van der Waals surface area (Å²) in [5, 5.41) is 11.9. The minimum Gasteiger partial charge on any atom is -0.481 e. The van der Waals surface area contributed by atoms with Crippen molar-refractivity contribution in [1.29, 1.82) is 0 Å². The number of carbonyl (C=O) groups is 2. The fourth-order valence-corrected chi connectivity index (χ4v) is 2.86. The summed E-state index contributed by atoms with van der Waals surface area (Å²) in [6.07, 6.45) is 3.14. The normalized spacial score (nSPS) is 21.0. The highest BCUT2D eigenvalue weighted by atomic mass is 16.4. The molecule has 2 N–H and O–H groups in total. The molecule has 0 atom stereocenters. The highest BCUT2D eigenvalue weighted by molar-refractivity contribution is 5.76. The highest BCUT2D eigenvalue weighted by Crippen LogP contribution is 2.43. The van der Waals surface area contributed by atoms with E-state index >= 15 is 0 Å². The molecule has 2 rings (SSSR count). The van der Waals surface area contributed by atoms with Gasteiger partial charge in [-0.25, -0.2) is 0 Å². The Morgan fingerprint density at radius 2 is 1.86 bits per heavy atom. The van der Waals surface area contributed by atoms with Gasteiger partial charge in [0.2, 0.25) is 5.91 Å². The Labute approximate surface area is 131 Å². The van der Waals surface area contributed by atoms with Crippen LogP contribution in [0.2, 0.25) is 0 Å². The maximum Gasteiger partial charge on any atom is 0.309 e. The molecule has 1 aromatic rings. The summed E-state index contributed by atoms with van der Waals surface area (Å²) < 4.78 is 0. The van der Waals surface area contributed by atoms with E-state index in [0.29, 0.717) is 31.2 Å². The average Bonchev–Trinajstić information content (AvgIpc) is 2.43. The van der Waals surface area contributed by atoms with Crippen LogP contribution in [0.5, 0.6) is 0 Å². The second-order valence-corrected chi connectivity index (χ2v) is 6.94. The van der Waals surface area contributed by atoms with E-state index in [4.69, 9.17) is 5.11 Å². The molecule has 0 saturated heterocycles. The van der Waals surface area contributed by atoms with Crippen molar-refractivity contribution in [2.45, 2.75) is 45.4 Å². The fraction of sp³-hybridized carbons (Fsp3) is 0.556. The number of nitrogens with one attached hydrogen (secondary N) is 1. The second-order valence-electron chi connectivity index (χ2n) is 6.94. The van der Waals surface area contributed by atoms with Gasteiger partial charge in [0, 0.05) is 13.0 Å². The molecule has 1 aromatic carbocycles. The lowest BCUT2D eigenvalue weighted by Gasteiger charge is -2.35. The number of hydrogen-bond donors (Lipinski definition) is 2. The van der Waals surface area contributed by atoms with Gasteiger partial charge in [0.15, 0.2) is 0 Å². The highest BCUT2D eigenvalue weighted by Gasteiger charge is 2.32. The molecule has 1 amide bonds. The fourth-order valence-electron chi connectivity index (χ4n) is 2.86. The van der Waals surface area contributed by atoms with Crippen molar-refractivity contribution in [2.75, 3.05) is 6.54 Å². The van der Waals surface area contributed by atoms with Crippen LogP contribution in [0.25, 0.3) is 0 Å². The lowest BCUT2D eigenvalue weighted by atomic mass is 9.70. The number of aliphatic carboxylic acids is 1. The number of benzene rings is 1. The lowest BCUT2D eigenvalue weighted by molar-refractivity contribution is -0.147. The third kappa shape index (κ3) is 4.33. The summed E-state index contributed by atoms with van der Waals surface area (Å²) in [7, 11) is 0. The van der Waals surface area contributed by atoms with Crippen LogP contribution in [-0.4, -0.2) is 23.5 Å². The molecule has 0 heterocycles. The summed E-state index contributed by atoms with van der Waals surface area (Å²) in [6.45, 7) is 3.78. The molecule has 0 radical (unpaired) electrons. The maximum absolute atomic E-state index is 11.9. The Kier molecular flexibility index (Phi) is 5.22. The van der Waals surface area contributed by atoms with E-state index in [-0.39, 0.29) is 5.91 Å². The Morgan fingerprint density at radius 1 is 1.23 bits per heavy atom. The smallest absolute Gasteiger partial charge is 0.309 e. The third-order valence-corrected chi connectivity index (χ3v) is 4.63. The van der Waals surface area contributed by atoms with Gasteiger partial charge in [-0.3, -0.25) is 9.59 Å². The van der Waals surface area contributed by atoms with Gasteiger partial charge in [-0.1, -0.05) is 30.3 Å². The maximum atomic E-state index is 11.9. The van der Waals surface area contributed by atoms with Gasteiger partial charge in [0.25, 0.3) is 0 Å². The third-order valence-electron chi connectivity index (χ3n) is 4.63. The number of rotatable bonds is 7. The molecular formula is C18H25NO3. The van der Waals surface area contributed by atoms with E-state index < -0.39 is 11.4 Å². The zero-order chi connectivity index (χ0) is 16.2. The molecule has 4 heteroatoms. The molecule has 0 spiro atoms. The van der Waals surface area contributed by atoms with E-state index in [2.05, 4.69) is 29.6 Å². The number of hydrogen-bond acceptors (Lipinski definition) is 2. The van der Waals surface area contributed by atoms with Crippen molar-refractivity contribution >= 4 is 11.9 Å². The van der Waals surface area contributed by atoms with Gasteiger partial charge in [-0.15, -0.1) is 0 Å². The van der Waals surface area contributed by atoms with Crippen molar-refractivity contribution in [2.24, 2.45) is 11.3 Å². The van der Waals surface area contributed by atoms with Crippen molar-refractivity contribution in [3.05, 3.63) is 35.9 Å². The average molecular weight is 303 g/mol. The zero-order valence-corrected chi connectivity index (χ0v) is 13.3. The predicted octanol–water partition coefficient (Wildman–Crippen LogP) is 3.19. The van der Waals surface area contributed by atoms with E-state index in [1.807, 2.05) is 6.07 Å². The number of carboxylic acids is 1. The van der Waals surface area contributed by atoms with Crippen LogP contribution >= 0.6 is 0 Å². The molecule has 1 aliphatic carbocycles. The standard InChI is InChI=1S/C18H25NO3/c1-18(2,17(21)22)8-9-19-16(20)12-13-10-15(11-13)14-6-4-3-5-7-14/h3-7,13,15H,8-12H2,1-2H3,(H,19,20)(H,21,22). The minimum absolute atomic E-state index is 0.0395. The van der Waals surface area contributed by atoms with Gasteiger partial charge >= 0.3 is 5.97 Å². The summed E-state index contributed by atoms with van der Waals surface area (Å²) in [6, 6.07) is 10.4. The summed E-state index contributed by atoms with van der Waals surface area (Å²) >= 11 is 0. The molecular weight excluding hydrogens is 278 g/mol. The topological polar surface area (TPSA) is 66.4 Å². The number of amides is 1. The van der Waals surface area contributed by atoms with Crippen LogP contribution < -0.4 is 5.32 Å². The Hall–Kier alpha value is -1.84. The zero-order valence-electron chi connectivity index (χ0n) is 13.3. The largest absolute Gasteiger partial charge is 0.481 e. The van der Waals surface area contributed by atoms with Gasteiger partial charge in [-0.2, -0.15) is 0 Å². The van der Waals surface area contributed by atoms with E-state index in [0.717, 1.165) is 12.8 Å². The molecule has 4 nitrogen and oxygen atoms in total. The summed E-state index contributed by atoms with van der Waals surface area (Å²) in [5.74, 6) is 0.256. The van der Waals surface area contributed by atoms with Crippen molar-refractivity contribution in [3.8, 4) is 0 Å². The summed E-state index contributed by atoms with van der Waals surface area (Å²) in [4.78, 5) is 22.9. The van der Waals surface area contributed by atoms with Crippen molar-refractivity contribution < 1.29 is 14.7 Å². The Balaban J connectivity index is 1.64. The molecule has 22 heavy (non-hydrogen) atoms. The molecule has 120 valence electrons. The first-order valence-electron chi connectivity index (χ1n) is 7.93. The second kappa shape index (κ2) is 6.95. The molecule has 1 fully saturated rings. The Bertz CT molecular complexity index is 518. The monoisotopic (exact) mass is 303 g/mol. The SMILES string of the molecule is CC(C)(CCNC(=O)CC1CC(c2ccccc2)C1)C(=O)O. The van der Waals surface area contributed by atoms with E-state index in [1.54, 1.807) is 13.8 Å². The van der Waals surface area contributed by atoms with Gasteiger partial charge in [-0.05, 0) is 50.5 Å². The lowest BCUT2D eigenvalue weighted by Crippen LogP contribution is -2.34. The molecule has 0 aliphatic heterocycles. The predicted molar refractivity (Wildman–Crippen MR) is 85.6 cm³/mol. The van der Waals surface area contributed by atoms with Crippen LogP contribution in [0.3, 0.4) is 0 Å². The molecule has 1 aliphatic rings.